The predicted octanol–water partition coefficient (Wildman–Crippen LogP) is 2.31. The van der Waals surface area contributed by atoms with E-state index in [-0.39, 0.29) is 0 Å². The molecular weight excluding hydrogens is 317 g/mol. The number of halogens is 1. The van der Waals surface area contributed by atoms with Gasteiger partial charge in [0.25, 0.3) is 0 Å². The van der Waals surface area contributed by atoms with Crippen LogP contribution in [0.1, 0.15) is 19.8 Å². The molecule has 0 bridgehead atoms. The number of hydrogen-bond acceptors (Lipinski definition) is 4. The Balaban J connectivity index is 1.90. The van der Waals surface area contributed by atoms with E-state index in [4.69, 9.17) is 4.74 Å². The fraction of sp³-hybridized carbons (Fsp3) is 0.636. The van der Waals surface area contributed by atoms with Crippen LogP contribution in [0.3, 0.4) is 0 Å². The van der Waals surface area contributed by atoms with E-state index >= 15 is 0 Å². The molecule has 1 aromatic rings. The standard InChI is InChI=1S/C11H16IN3O/c1-2-10-8(3-4-16-10)5-14-11-9(12)6-13-7-15-11/h6-8,10H,2-5H2,1H3,(H,13,14,15). The fourth-order valence-corrected chi connectivity index (χ4v) is 2.54. The zero-order valence-corrected chi connectivity index (χ0v) is 11.5. The van der Waals surface area contributed by atoms with E-state index < -0.39 is 0 Å². The molecule has 2 unspecified atom stereocenters. The van der Waals surface area contributed by atoms with E-state index in [1.54, 1.807) is 6.33 Å². The van der Waals surface area contributed by atoms with Crippen LogP contribution in [0.15, 0.2) is 12.5 Å². The molecule has 5 heteroatoms. The first-order valence-corrected chi connectivity index (χ1v) is 6.70. The zero-order chi connectivity index (χ0) is 11.4. The van der Waals surface area contributed by atoms with Crippen molar-refractivity contribution < 1.29 is 4.74 Å². The summed E-state index contributed by atoms with van der Waals surface area (Å²) >= 11 is 2.24. The topological polar surface area (TPSA) is 47.0 Å². The number of hydrogen-bond donors (Lipinski definition) is 1. The highest BCUT2D eigenvalue weighted by atomic mass is 127. The van der Waals surface area contributed by atoms with Gasteiger partial charge in [0.1, 0.15) is 12.1 Å². The summed E-state index contributed by atoms with van der Waals surface area (Å²) in [6.45, 7) is 4.01. The van der Waals surface area contributed by atoms with Gasteiger partial charge in [-0.3, -0.25) is 0 Å². The van der Waals surface area contributed by atoms with E-state index in [0.29, 0.717) is 12.0 Å². The first-order chi connectivity index (χ1) is 7.81. The molecular formula is C11H16IN3O. The van der Waals surface area contributed by atoms with Gasteiger partial charge < -0.3 is 10.1 Å². The zero-order valence-electron chi connectivity index (χ0n) is 9.32. The number of aromatic nitrogens is 2. The maximum absolute atomic E-state index is 5.66. The molecule has 1 aliphatic rings. The third kappa shape index (κ3) is 2.82. The molecule has 16 heavy (non-hydrogen) atoms. The fourth-order valence-electron chi connectivity index (χ4n) is 2.05. The highest BCUT2D eigenvalue weighted by Gasteiger charge is 2.26. The highest BCUT2D eigenvalue weighted by molar-refractivity contribution is 14.1. The van der Waals surface area contributed by atoms with Crippen molar-refractivity contribution in [1.29, 1.82) is 0 Å². The van der Waals surface area contributed by atoms with E-state index in [9.17, 15) is 0 Å². The number of nitrogens with zero attached hydrogens (tertiary/aromatic N) is 2. The molecule has 1 N–H and O–H groups in total. The molecule has 0 aliphatic carbocycles. The van der Waals surface area contributed by atoms with Gasteiger partial charge in [0.05, 0.1) is 9.67 Å². The van der Waals surface area contributed by atoms with Gasteiger partial charge in [-0.25, -0.2) is 9.97 Å². The molecule has 0 saturated carbocycles. The largest absolute Gasteiger partial charge is 0.378 e. The van der Waals surface area contributed by atoms with Crippen LogP contribution in [-0.2, 0) is 4.74 Å². The molecule has 88 valence electrons. The summed E-state index contributed by atoms with van der Waals surface area (Å²) < 4.78 is 6.72. The smallest absolute Gasteiger partial charge is 0.142 e. The number of rotatable bonds is 4. The van der Waals surface area contributed by atoms with Gasteiger partial charge in [-0.05, 0) is 35.4 Å². The highest BCUT2D eigenvalue weighted by Crippen LogP contribution is 2.24. The lowest BCUT2D eigenvalue weighted by atomic mass is 10.00. The third-order valence-corrected chi connectivity index (χ3v) is 3.74. The van der Waals surface area contributed by atoms with Crippen molar-refractivity contribution in [3.63, 3.8) is 0 Å². The third-order valence-electron chi connectivity index (χ3n) is 2.95. The molecule has 0 spiro atoms. The van der Waals surface area contributed by atoms with Crippen molar-refractivity contribution in [3.8, 4) is 0 Å². The quantitative estimate of drug-likeness (QED) is 0.859. The predicted molar refractivity (Wildman–Crippen MR) is 71.4 cm³/mol. The summed E-state index contributed by atoms with van der Waals surface area (Å²) in [6.07, 6.45) is 6.04. The Morgan fingerprint density at radius 3 is 3.25 bits per heavy atom. The second-order valence-electron chi connectivity index (χ2n) is 3.97. The molecule has 2 rings (SSSR count). The lowest BCUT2D eigenvalue weighted by Crippen LogP contribution is -2.23. The van der Waals surface area contributed by atoms with Gasteiger partial charge in [-0.2, -0.15) is 0 Å². The summed E-state index contributed by atoms with van der Waals surface area (Å²) in [4.78, 5) is 8.19. The first kappa shape index (κ1) is 12.0. The van der Waals surface area contributed by atoms with Crippen molar-refractivity contribution in [2.24, 2.45) is 5.92 Å². The Hall–Kier alpha value is -0.430. The van der Waals surface area contributed by atoms with Crippen LogP contribution in [0, 0.1) is 9.49 Å². The Bertz CT molecular complexity index is 348. The summed E-state index contributed by atoms with van der Waals surface area (Å²) in [6, 6.07) is 0. The van der Waals surface area contributed by atoms with Crippen molar-refractivity contribution in [2.45, 2.75) is 25.9 Å². The number of anilines is 1. The van der Waals surface area contributed by atoms with Gasteiger partial charge in [-0.1, -0.05) is 6.92 Å². The lowest BCUT2D eigenvalue weighted by Gasteiger charge is -2.17. The Labute approximate surface area is 109 Å². The monoisotopic (exact) mass is 333 g/mol. The molecule has 0 aromatic carbocycles. The van der Waals surface area contributed by atoms with Crippen LogP contribution in [0.2, 0.25) is 0 Å². The molecule has 1 saturated heterocycles. The van der Waals surface area contributed by atoms with Crippen molar-refractivity contribution in [1.82, 2.24) is 9.97 Å². The minimum atomic E-state index is 0.409. The van der Waals surface area contributed by atoms with Crippen molar-refractivity contribution in [3.05, 3.63) is 16.1 Å². The molecule has 0 amide bonds. The average molecular weight is 333 g/mol. The minimum Gasteiger partial charge on any atom is -0.378 e. The lowest BCUT2D eigenvalue weighted by molar-refractivity contribution is 0.0900. The maximum Gasteiger partial charge on any atom is 0.142 e. The van der Waals surface area contributed by atoms with Crippen LogP contribution < -0.4 is 5.32 Å². The summed E-state index contributed by atoms with van der Waals surface area (Å²) in [7, 11) is 0. The minimum absolute atomic E-state index is 0.409. The normalized spacial score (nSPS) is 24.6. The van der Waals surface area contributed by atoms with Gasteiger partial charge in [0.2, 0.25) is 0 Å². The first-order valence-electron chi connectivity index (χ1n) is 5.62. The number of ether oxygens (including phenoxy) is 1. The SMILES string of the molecule is CCC1OCCC1CNc1ncncc1I. The van der Waals surface area contributed by atoms with Gasteiger partial charge in [0, 0.05) is 25.3 Å². The molecule has 1 aliphatic heterocycles. The second kappa shape index (κ2) is 5.77. The summed E-state index contributed by atoms with van der Waals surface area (Å²) in [5.74, 6) is 1.54. The molecule has 2 heterocycles. The van der Waals surface area contributed by atoms with E-state index in [2.05, 4.69) is 44.8 Å². The van der Waals surface area contributed by atoms with Crippen LogP contribution in [0.4, 0.5) is 5.82 Å². The maximum atomic E-state index is 5.66. The Morgan fingerprint density at radius 2 is 2.50 bits per heavy atom. The molecule has 2 atom stereocenters. The summed E-state index contributed by atoms with van der Waals surface area (Å²) in [5.41, 5.74) is 0. The van der Waals surface area contributed by atoms with E-state index in [1.165, 1.54) is 0 Å². The molecule has 1 fully saturated rings. The molecule has 0 radical (unpaired) electrons. The number of nitrogens with one attached hydrogen (secondary N) is 1. The Morgan fingerprint density at radius 1 is 1.62 bits per heavy atom. The van der Waals surface area contributed by atoms with Gasteiger partial charge in [-0.15, -0.1) is 0 Å². The average Bonchev–Trinajstić information content (AvgIpc) is 2.75. The van der Waals surface area contributed by atoms with E-state index in [1.807, 2.05) is 6.20 Å². The van der Waals surface area contributed by atoms with Gasteiger partial charge >= 0.3 is 0 Å². The second-order valence-corrected chi connectivity index (χ2v) is 5.13. The molecule has 4 nitrogen and oxygen atoms in total. The molecule has 1 aromatic heterocycles. The van der Waals surface area contributed by atoms with Crippen molar-refractivity contribution in [2.75, 3.05) is 18.5 Å². The summed E-state index contributed by atoms with van der Waals surface area (Å²) in [5, 5.41) is 3.38. The van der Waals surface area contributed by atoms with Gasteiger partial charge in [0.15, 0.2) is 0 Å². The Kier molecular flexibility index (Phi) is 4.34. The van der Waals surface area contributed by atoms with Crippen LogP contribution in [0.25, 0.3) is 0 Å². The van der Waals surface area contributed by atoms with E-state index in [0.717, 1.165) is 35.4 Å². The van der Waals surface area contributed by atoms with Crippen LogP contribution >= 0.6 is 22.6 Å². The van der Waals surface area contributed by atoms with Crippen LogP contribution in [0.5, 0.6) is 0 Å². The van der Waals surface area contributed by atoms with Crippen molar-refractivity contribution >= 4 is 28.4 Å². The van der Waals surface area contributed by atoms with Crippen LogP contribution in [-0.4, -0.2) is 29.2 Å².